The molecule has 0 saturated carbocycles. The fourth-order valence-electron chi connectivity index (χ4n) is 2.38. The summed E-state index contributed by atoms with van der Waals surface area (Å²) in [6.45, 7) is 5.59. The van der Waals surface area contributed by atoms with Gasteiger partial charge in [0.15, 0.2) is 0 Å². The van der Waals surface area contributed by atoms with Crippen LogP contribution >= 0.6 is 0 Å². The predicted octanol–water partition coefficient (Wildman–Crippen LogP) is 1.65. The van der Waals surface area contributed by atoms with Gasteiger partial charge in [-0.3, -0.25) is 4.90 Å². The maximum Gasteiger partial charge on any atom is 0.119 e. The van der Waals surface area contributed by atoms with Gasteiger partial charge in [-0.25, -0.2) is 0 Å². The van der Waals surface area contributed by atoms with E-state index in [1.807, 2.05) is 18.2 Å². The second-order valence-electron chi connectivity index (χ2n) is 5.19. The van der Waals surface area contributed by atoms with E-state index in [1.165, 1.54) is 0 Å². The molecule has 0 aromatic heterocycles. The average Bonchev–Trinajstić information content (AvgIpc) is 2.51. The number of morpholine rings is 1. The van der Waals surface area contributed by atoms with Crippen molar-refractivity contribution < 1.29 is 14.6 Å². The highest BCUT2D eigenvalue weighted by atomic mass is 16.5. The van der Waals surface area contributed by atoms with Crippen LogP contribution < -0.4 is 4.74 Å². The second kappa shape index (κ2) is 8.04. The molecule has 1 aromatic carbocycles. The summed E-state index contributed by atoms with van der Waals surface area (Å²) in [6.07, 6.45) is 0.499. The molecular weight excluding hydrogens is 266 g/mol. The van der Waals surface area contributed by atoms with Crippen LogP contribution in [0, 0.1) is 11.8 Å². The molecule has 1 heterocycles. The number of methoxy groups -OCH3 is 1. The molecule has 2 rings (SSSR count). The Morgan fingerprint density at radius 1 is 1.48 bits per heavy atom. The molecule has 0 radical (unpaired) electrons. The van der Waals surface area contributed by atoms with E-state index >= 15 is 0 Å². The zero-order chi connectivity index (χ0) is 15.1. The van der Waals surface area contributed by atoms with Crippen LogP contribution in [0.25, 0.3) is 0 Å². The maximum atomic E-state index is 8.85. The lowest BCUT2D eigenvalue weighted by Crippen LogP contribution is -2.43. The van der Waals surface area contributed by atoms with Crippen LogP contribution in [0.15, 0.2) is 18.2 Å². The van der Waals surface area contributed by atoms with Crippen LogP contribution in [0.5, 0.6) is 5.75 Å². The number of nitrogens with zero attached hydrogens (tertiary/aromatic N) is 1. The normalized spacial score (nSPS) is 18.9. The Labute approximate surface area is 126 Å². The fraction of sp³-hybridized carbons (Fsp3) is 0.529. The molecule has 1 aliphatic rings. The summed E-state index contributed by atoms with van der Waals surface area (Å²) in [6, 6.07) is 6.37. The van der Waals surface area contributed by atoms with Gasteiger partial charge in [-0.1, -0.05) is 11.8 Å². The summed E-state index contributed by atoms with van der Waals surface area (Å²) < 4.78 is 10.8. The van der Waals surface area contributed by atoms with Crippen molar-refractivity contribution in [3.8, 4) is 17.6 Å². The van der Waals surface area contributed by atoms with Gasteiger partial charge in [-0.05, 0) is 30.7 Å². The van der Waals surface area contributed by atoms with Gasteiger partial charge in [0.25, 0.3) is 0 Å². The third kappa shape index (κ3) is 4.47. The Morgan fingerprint density at radius 2 is 2.33 bits per heavy atom. The first-order valence-electron chi connectivity index (χ1n) is 7.33. The average molecular weight is 289 g/mol. The Kier molecular flexibility index (Phi) is 6.06. The van der Waals surface area contributed by atoms with Crippen LogP contribution in [0.4, 0.5) is 0 Å². The van der Waals surface area contributed by atoms with Crippen LogP contribution in [-0.4, -0.2) is 49.5 Å². The summed E-state index contributed by atoms with van der Waals surface area (Å²) in [5.41, 5.74) is 2.16. The van der Waals surface area contributed by atoms with Gasteiger partial charge in [0.1, 0.15) is 5.75 Å². The van der Waals surface area contributed by atoms with Crippen molar-refractivity contribution in [2.24, 2.45) is 0 Å². The molecule has 21 heavy (non-hydrogen) atoms. The van der Waals surface area contributed by atoms with Gasteiger partial charge < -0.3 is 14.6 Å². The van der Waals surface area contributed by atoms with Crippen LogP contribution in [0.3, 0.4) is 0 Å². The SMILES string of the molecule is COc1ccc(C#CCCO)c(CN2CCOCC2C)c1. The van der Waals surface area contributed by atoms with Crippen LogP contribution in [0.1, 0.15) is 24.5 Å². The van der Waals surface area contributed by atoms with Gasteiger partial charge in [-0.2, -0.15) is 0 Å². The third-order valence-electron chi connectivity index (χ3n) is 3.65. The molecule has 0 spiro atoms. The molecule has 1 N–H and O–H groups in total. The number of hydrogen-bond donors (Lipinski definition) is 1. The molecule has 114 valence electrons. The topological polar surface area (TPSA) is 41.9 Å². The maximum absolute atomic E-state index is 8.85. The summed E-state index contributed by atoms with van der Waals surface area (Å²) >= 11 is 0. The van der Waals surface area contributed by atoms with Crippen molar-refractivity contribution in [1.29, 1.82) is 0 Å². The minimum absolute atomic E-state index is 0.0962. The van der Waals surface area contributed by atoms with Crippen LogP contribution in [0.2, 0.25) is 0 Å². The Bertz CT molecular complexity index is 519. The van der Waals surface area contributed by atoms with E-state index in [0.29, 0.717) is 12.5 Å². The van der Waals surface area contributed by atoms with E-state index in [4.69, 9.17) is 14.6 Å². The number of aliphatic hydroxyl groups is 1. The molecule has 1 atom stereocenters. The van der Waals surface area contributed by atoms with E-state index < -0.39 is 0 Å². The number of aliphatic hydroxyl groups excluding tert-OH is 1. The Hall–Kier alpha value is -1.54. The highest BCUT2D eigenvalue weighted by Crippen LogP contribution is 2.20. The highest BCUT2D eigenvalue weighted by Gasteiger charge is 2.19. The lowest BCUT2D eigenvalue weighted by atomic mass is 10.1. The van der Waals surface area contributed by atoms with Gasteiger partial charge in [0, 0.05) is 31.1 Å². The largest absolute Gasteiger partial charge is 0.497 e. The molecule has 1 unspecified atom stereocenters. The van der Waals surface area contributed by atoms with Gasteiger partial charge in [0.05, 0.1) is 26.9 Å². The summed E-state index contributed by atoms with van der Waals surface area (Å²) in [4.78, 5) is 2.40. The second-order valence-corrected chi connectivity index (χ2v) is 5.19. The first-order valence-corrected chi connectivity index (χ1v) is 7.33. The van der Waals surface area contributed by atoms with Crippen molar-refractivity contribution in [1.82, 2.24) is 4.90 Å². The van der Waals surface area contributed by atoms with E-state index in [2.05, 4.69) is 23.7 Å². The molecule has 4 heteroatoms. The molecular formula is C17H23NO3. The van der Waals surface area contributed by atoms with Crippen molar-refractivity contribution >= 4 is 0 Å². The number of hydrogen-bond acceptors (Lipinski definition) is 4. The minimum Gasteiger partial charge on any atom is -0.497 e. The quantitative estimate of drug-likeness (QED) is 0.856. The monoisotopic (exact) mass is 289 g/mol. The van der Waals surface area contributed by atoms with Crippen molar-refractivity contribution in [3.63, 3.8) is 0 Å². The fourth-order valence-corrected chi connectivity index (χ4v) is 2.38. The highest BCUT2D eigenvalue weighted by molar-refractivity contribution is 5.45. The number of rotatable bonds is 4. The molecule has 1 fully saturated rings. The first-order chi connectivity index (χ1) is 10.2. The molecule has 1 saturated heterocycles. The number of ether oxygens (including phenoxy) is 2. The minimum atomic E-state index is 0.0962. The van der Waals surface area contributed by atoms with Crippen molar-refractivity contribution in [3.05, 3.63) is 29.3 Å². The van der Waals surface area contributed by atoms with Crippen molar-refractivity contribution in [2.75, 3.05) is 33.5 Å². The third-order valence-corrected chi connectivity index (χ3v) is 3.65. The Morgan fingerprint density at radius 3 is 3.05 bits per heavy atom. The summed E-state index contributed by atoms with van der Waals surface area (Å²) in [5.74, 6) is 6.99. The molecule has 4 nitrogen and oxygen atoms in total. The standard InChI is InChI=1S/C17H23NO3/c1-14-13-21-10-8-18(14)12-16-11-17(20-2)7-6-15(16)5-3-4-9-19/h6-7,11,14,19H,4,8-10,12-13H2,1-2H3. The van der Waals surface area contributed by atoms with Gasteiger partial charge in [0.2, 0.25) is 0 Å². The van der Waals surface area contributed by atoms with E-state index in [0.717, 1.165) is 43.2 Å². The molecule has 0 aliphatic carbocycles. The predicted molar refractivity (Wildman–Crippen MR) is 82.3 cm³/mol. The van der Waals surface area contributed by atoms with E-state index in [1.54, 1.807) is 7.11 Å². The smallest absolute Gasteiger partial charge is 0.119 e. The number of benzene rings is 1. The molecule has 0 amide bonds. The Balaban J connectivity index is 2.20. The van der Waals surface area contributed by atoms with Gasteiger partial charge >= 0.3 is 0 Å². The lowest BCUT2D eigenvalue weighted by Gasteiger charge is -2.33. The van der Waals surface area contributed by atoms with Crippen LogP contribution in [-0.2, 0) is 11.3 Å². The first kappa shape index (κ1) is 15.8. The lowest BCUT2D eigenvalue weighted by molar-refractivity contribution is -0.00441. The van der Waals surface area contributed by atoms with Gasteiger partial charge in [-0.15, -0.1) is 0 Å². The molecule has 0 bridgehead atoms. The van der Waals surface area contributed by atoms with Crippen molar-refractivity contribution in [2.45, 2.75) is 25.9 Å². The zero-order valence-corrected chi connectivity index (χ0v) is 12.8. The molecule has 1 aromatic rings. The molecule has 1 aliphatic heterocycles. The van der Waals surface area contributed by atoms with E-state index in [9.17, 15) is 0 Å². The summed E-state index contributed by atoms with van der Waals surface area (Å²) in [7, 11) is 1.67. The van der Waals surface area contributed by atoms with E-state index in [-0.39, 0.29) is 6.61 Å². The summed E-state index contributed by atoms with van der Waals surface area (Å²) in [5, 5.41) is 8.85. The zero-order valence-electron chi connectivity index (χ0n) is 12.8.